The summed E-state index contributed by atoms with van der Waals surface area (Å²) in [5, 5.41) is 21.0. The smallest absolute Gasteiger partial charge is 0.258 e. The number of hydrogen-bond donors (Lipinski definition) is 0. The minimum absolute atomic E-state index is 0.292. The first-order valence-corrected chi connectivity index (χ1v) is 4.67. The Kier molecular flexibility index (Phi) is 3.51. The third-order valence-electron chi connectivity index (χ3n) is 1.66. The highest BCUT2D eigenvalue weighted by Crippen LogP contribution is 2.25. The van der Waals surface area contributed by atoms with Crippen LogP contribution in [0.25, 0.3) is 6.08 Å². The van der Waals surface area contributed by atoms with Crippen molar-refractivity contribution in [2.75, 3.05) is 0 Å². The second-order valence-corrected chi connectivity index (χ2v) is 3.08. The van der Waals surface area contributed by atoms with E-state index in [9.17, 15) is 20.2 Å². The maximum atomic E-state index is 10.6. The minimum atomic E-state index is -0.672. The molecule has 0 aliphatic rings. The lowest BCUT2D eigenvalue weighted by Crippen LogP contribution is -1.94. The van der Waals surface area contributed by atoms with Crippen LogP contribution in [0, 0.1) is 20.2 Å². The molecule has 78 valence electrons. The molecular formula is C8H5BrN2O4. The van der Waals surface area contributed by atoms with Gasteiger partial charge in [0.2, 0.25) is 0 Å². The van der Waals surface area contributed by atoms with Crippen molar-refractivity contribution >= 4 is 33.4 Å². The van der Waals surface area contributed by atoms with Gasteiger partial charge in [0.05, 0.1) is 21.5 Å². The summed E-state index contributed by atoms with van der Waals surface area (Å²) in [4.78, 5) is 21.1. The topological polar surface area (TPSA) is 86.3 Å². The van der Waals surface area contributed by atoms with Crippen molar-refractivity contribution in [2.45, 2.75) is 0 Å². The van der Waals surface area contributed by atoms with Crippen LogP contribution in [0.15, 0.2) is 23.2 Å². The molecule has 0 amide bonds. The van der Waals surface area contributed by atoms with Crippen molar-refractivity contribution in [1.82, 2.24) is 0 Å². The lowest BCUT2D eigenvalue weighted by atomic mass is 10.1. The van der Waals surface area contributed by atoms with Crippen molar-refractivity contribution < 1.29 is 9.85 Å². The predicted molar refractivity (Wildman–Crippen MR) is 57.7 cm³/mol. The van der Waals surface area contributed by atoms with Gasteiger partial charge in [0.25, 0.3) is 11.4 Å². The van der Waals surface area contributed by atoms with Gasteiger partial charge in [-0.2, -0.15) is 0 Å². The molecule has 0 heterocycles. The van der Waals surface area contributed by atoms with Gasteiger partial charge in [-0.05, 0) is 17.1 Å². The number of non-ortho nitro benzene ring substituents is 1. The van der Waals surface area contributed by atoms with Crippen molar-refractivity contribution in [1.29, 1.82) is 0 Å². The Morgan fingerprint density at radius 2 is 1.87 bits per heavy atom. The number of nitrogens with zero attached hydrogens (tertiary/aromatic N) is 2. The van der Waals surface area contributed by atoms with Gasteiger partial charge >= 0.3 is 0 Å². The molecule has 0 N–H and O–H groups in total. The standard InChI is InChI=1S/C8H5BrN2O4/c9-4-3-6-1-2-7(10(12)13)5-8(6)11(14)15/h1-5H/b4-3+. The van der Waals surface area contributed by atoms with E-state index >= 15 is 0 Å². The van der Waals surface area contributed by atoms with Gasteiger partial charge in [-0.25, -0.2) is 0 Å². The summed E-state index contributed by atoms with van der Waals surface area (Å²) in [6, 6.07) is 3.48. The third-order valence-corrected chi connectivity index (χ3v) is 1.93. The number of nitro groups is 2. The third kappa shape index (κ3) is 2.59. The van der Waals surface area contributed by atoms with E-state index < -0.39 is 9.85 Å². The number of nitro benzene ring substituents is 2. The largest absolute Gasteiger partial charge is 0.283 e. The Morgan fingerprint density at radius 3 is 2.33 bits per heavy atom. The zero-order valence-electron chi connectivity index (χ0n) is 7.29. The zero-order valence-corrected chi connectivity index (χ0v) is 8.88. The molecular weight excluding hydrogens is 268 g/mol. The minimum Gasteiger partial charge on any atom is -0.258 e. The van der Waals surface area contributed by atoms with Crippen LogP contribution in [-0.4, -0.2) is 9.85 Å². The Balaban J connectivity index is 3.33. The molecule has 0 unspecified atom stereocenters. The number of rotatable bonds is 3. The van der Waals surface area contributed by atoms with Crippen LogP contribution in [0.3, 0.4) is 0 Å². The molecule has 1 aromatic carbocycles. The lowest BCUT2D eigenvalue weighted by Gasteiger charge is -1.96. The number of hydrogen-bond acceptors (Lipinski definition) is 4. The monoisotopic (exact) mass is 272 g/mol. The van der Waals surface area contributed by atoms with Crippen LogP contribution in [0.5, 0.6) is 0 Å². The highest BCUT2D eigenvalue weighted by atomic mass is 79.9. The van der Waals surface area contributed by atoms with E-state index in [2.05, 4.69) is 15.9 Å². The molecule has 0 saturated heterocycles. The molecule has 7 heteroatoms. The molecule has 0 atom stereocenters. The molecule has 0 bridgehead atoms. The average molecular weight is 273 g/mol. The molecule has 0 fully saturated rings. The Bertz CT molecular complexity index is 444. The van der Waals surface area contributed by atoms with E-state index in [-0.39, 0.29) is 11.4 Å². The summed E-state index contributed by atoms with van der Waals surface area (Å²) in [5.41, 5.74) is -0.282. The second-order valence-electron chi connectivity index (χ2n) is 2.55. The first-order chi connectivity index (χ1) is 7.06. The summed E-state index contributed by atoms with van der Waals surface area (Å²) >= 11 is 2.98. The van der Waals surface area contributed by atoms with Gasteiger partial charge in [-0.3, -0.25) is 20.2 Å². The van der Waals surface area contributed by atoms with Gasteiger partial charge in [-0.1, -0.05) is 15.9 Å². The summed E-state index contributed by atoms with van der Waals surface area (Å²) in [6.45, 7) is 0. The normalized spacial score (nSPS) is 10.5. The van der Waals surface area contributed by atoms with Crippen LogP contribution in [0.1, 0.15) is 5.56 Å². The van der Waals surface area contributed by atoms with E-state index in [1.165, 1.54) is 23.2 Å². The molecule has 6 nitrogen and oxygen atoms in total. The first kappa shape index (κ1) is 11.3. The Morgan fingerprint density at radius 1 is 1.20 bits per heavy atom. The molecule has 0 aromatic heterocycles. The van der Waals surface area contributed by atoms with Crippen LogP contribution in [0.4, 0.5) is 11.4 Å². The number of halogens is 1. The van der Waals surface area contributed by atoms with Gasteiger partial charge in [0.15, 0.2) is 0 Å². The van der Waals surface area contributed by atoms with Crippen molar-refractivity contribution in [3.05, 3.63) is 49.0 Å². The molecule has 0 spiro atoms. The van der Waals surface area contributed by atoms with Crippen LogP contribution >= 0.6 is 15.9 Å². The molecule has 0 radical (unpaired) electrons. The fraction of sp³-hybridized carbons (Fsp3) is 0. The van der Waals surface area contributed by atoms with E-state index in [1.807, 2.05) is 0 Å². The van der Waals surface area contributed by atoms with E-state index in [4.69, 9.17) is 0 Å². The average Bonchev–Trinajstić information content (AvgIpc) is 2.18. The van der Waals surface area contributed by atoms with E-state index in [1.54, 1.807) is 0 Å². The van der Waals surface area contributed by atoms with Gasteiger partial charge in [0, 0.05) is 6.07 Å². The van der Waals surface area contributed by atoms with Crippen molar-refractivity contribution in [2.24, 2.45) is 0 Å². The summed E-state index contributed by atoms with van der Waals surface area (Å²) in [7, 11) is 0. The zero-order chi connectivity index (χ0) is 11.4. The van der Waals surface area contributed by atoms with Crippen molar-refractivity contribution in [3.8, 4) is 0 Å². The fourth-order valence-electron chi connectivity index (χ4n) is 1.01. The van der Waals surface area contributed by atoms with E-state index in [0.717, 1.165) is 6.07 Å². The highest BCUT2D eigenvalue weighted by molar-refractivity contribution is 9.11. The van der Waals surface area contributed by atoms with Crippen LogP contribution in [0.2, 0.25) is 0 Å². The Labute approximate surface area is 92.6 Å². The molecule has 0 saturated carbocycles. The van der Waals surface area contributed by atoms with Crippen LogP contribution in [-0.2, 0) is 0 Å². The lowest BCUT2D eigenvalue weighted by molar-refractivity contribution is -0.394. The molecule has 1 aromatic rings. The van der Waals surface area contributed by atoms with Gasteiger partial charge < -0.3 is 0 Å². The van der Waals surface area contributed by atoms with E-state index in [0.29, 0.717) is 5.56 Å². The maximum Gasteiger partial charge on any atom is 0.283 e. The van der Waals surface area contributed by atoms with Crippen molar-refractivity contribution in [3.63, 3.8) is 0 Å². The maximum absolute atomic E-state index is 10.6. The van der Waals surface area contributed by atoms with Crippen LogP contribution < -0.4 is 0 Å². The summed E-state index contributed by atoms with van der Waals surface area (Å²) in [6.07, 6.45) is 1.45. The SMILES string of the molecule is O=[N+]([O-])c1ccc(/C=C/Br)c([N+](=O)[O-])c1. The van der Waals surface area contributed by atoms with Gasteiger partial charge in [0.1, 0.15) is 0 Å². The first-order valence-electron chi connectivity index (χ1n) is 3.76. The molecule has 15 heavy (non-hydrogen) atoms. The molecule has 0 aliphatic heterocycles. The molecule has 0 aliphatic carbocycles. The number of benzene rings is 1. The second kappa shape index (κ2) is 4.65. The summed E-state index contributed by atoms with van der Waals surface area (Å²) < 4.78 is 0. The Hall–Kier alpha value is -1.76. The predicted octanol–water partition coefficient (Wildman–Crippen LogP) is 2.87. The molecule has 1 rings (SSSR count). The quantitative estimate of drug-likeness (QED) is 0.625. The fourth-order valence-corrected chi connectivity index (χ4v) is 1.30. The summed E-state index contributed by atoms with van der Waals surface area (Å²) in [5.74, 6) is 0. The van der Waals surface area contributed by atoms with Gasteiger partial charge in [-0.15, -0.1) is 0 Å². The highest BCUT2D eigenvalue weighted by Gasteiger charge is 2.17.